The Kier molecular flexibility index (Phi) is 5.91. The molecule has 0 radical (unpaired) electrons. The molecule has 198 valence electrons. The molecule has 1 aliphatic heterocycles. The molecule has 5 heteroatoms. The number of halogens is 1. The standard InChI is InChI=1S/C34H35FN4/c1-23-18-29-28(20-24(2)37-33(29)30(35)19-23)31-22-36-32-21-26(10-15-39(31)32)25-6-8-27(9-7-25)38-16-13-34(14-17-38)11-4-3-5-12-34/h6-10,15,18-22H,3-5,11-14,16-17H2,1-2H3. The maximum Gasteiger partial charge on any atom is 0.149 e. The molecule has 2 aliphatic rings. The summed E-state index contributed by atoms with van der Waals surface area (Å²) in [4.78, 5) is 11.8. The highest BCUT2D eigenvalue weighted by molar-refractivity contribution is 5.95. The number of fused-ring (bicyclic) bond motifs is 2. The quantitative estimate of drug-likeness (QED) is 0.240. The van der Waals surface area contributed by atoms with E-state index in [0.717, 1.165) is 39.1 Å². The summed E-state index contributed by atoms with van der Waals surface area (Å²) in [6.07, 6.45) is 13.8. The number of aromatic nitrogens is 3. The molecule has 0 atom stereocenters. The van der Waals surface area contributed by atoms with Gasteiger partial charge < -0.3 is 4.90 Å². The molecule has 3 aromatic heterocycles. The minimum atomic E-state index is -0.285. The molecule has 0 amide bonds. The van der Waals surface area contributed by atoms with Gasteiger partial charge in [0.15, 0.2) is 0 Å². The Morgan fingerprint density at radius 2 is 1.59 bits per heavy atom. The maximum atomic E-state index is 14.7. The number of nitrogens with zero attached hydrogens (tertiary/aromatic N) is 4. The average molecular weight is 519 g/mol. The molecule has 1 spiro atoms. The van der Waals surface area contributed by atoms with Crippen molar-refractivity contribution in [2.24, 2.45) is 5.41 Å². The number of benzene rings is 2. The van der Waals surface area contributed by atoms with E-state index < -0.39 is 0 Å². The number of rotatable bonds is 3. The van der Waals surface area contributed by atoms with E-state index >= 15 is 0 Å². The second-order valence-corrected chi connectivity index (χ2v) is 11.8. The first-order chi connectivity index (χ1) is 19.0. The van der Waals surface area contributed by atoms with Gasteiger partial charge in [-0.1, -0.05) is 31.4 Å². The van der Waals surface area contributed by atoms with Gasteiger partial charge in [-0.25, -0.2) is 9.37 Å². The van der Waals surface area contributed by atoms with Crippen molar-refractivity contribution in [1.82, 2.24) is 14.4 Å². The molecule has 0 bridgehead atoms. The van der Waals surface area contributed by atoms with Crippen LogP contribution < -0.4 is 4.90 Å². The topological polar surface area (TPSA) is 33.4 Å². The van der Waals surface area contributed by atoms with Crippen molar-refractivity contribution in [3.63, 3.8) is 0 Å². The van der Waals surface area contributed by atoms with Crippen LogP contribution in [0.2, 0.25) is 0 Å². The maximum absolute atomic E-state index is 14.7. The zero-order chi connectivity index (χ0) is 26.6. The number of anilines is 1. The van der Waals surface area contributed by atoms with Crippen molar-refractivity contribution in [2.75, 3.05) is 18.0 Å². The van der Waals surface area contributed by atoms with Crippen LogP contribution in [-0.2, 0) is 0 Å². The van der Waals surface area contributed by atoms with Gasteiger partial charge in [0.25, 0.3) is 0 Å². The van der Waals surface area contributed by atoms with Crippen molar-refractivity contribution in [1.29, 1.82) is 0 Å². The summed E-state index contributed by atoms with van der Waals surface area (Å²) in [5.41, 5.74) is 9.12. The highest BCUT2D eigenvalue weighted by Crippen LogP contribution is 2.45. The Morgan fingerprint density at radius 3 is 2.36 bits per heavy atom. The van der Waals surface area contributed by atoms with Gasteiger partial charge in [0.05, 0.1) is 11.9 Å². The van der Waals surface area contributed by atoms with Gasteiger partial charge in [0, 0.05) is 41.6 Å². The SMILES string of the molecule is Cc1cc(F)c2nc(C)cc(-c3cnc4cc(-c5ccc(N6CCC7(CCCCC7)CC6)cc5)ccn34)c2c1. The second-order valence-electron chi connectivity index (χ2n) is 11.8. The predicted molar refractivity (Wildman–Crippen MR) is 158 cm³/mol. The fourth-order valence-electron chi connectivity index (χ4n) is 7.03. The Hall–Kier alpha value is -3.73. The van der Waals surface area contributed by atoms with Gasteiger partial charge in [0.1, 0.15) is 17.0 Å². The summed E-state index contributed by atoms with van der Waals surface area (Å²) in [5.74, 6) is -0.285. The van der Waals surface area contributed by atoms with Gasteiger partial charge in [0.2, 0.25) is 0 Å². The molecule has 1 saturated heterocycles. The highest BCUT2D eigenvalue weighted by Gasteiger charge is 2.35. The van der Waals surface area contributed by atoms with E-state index in [0.29, 0.717) is 10.9 Å². The largest absolute Gasteiger partial charge is 0.371 e. The molecule has 0 unspecified atom stereocenters. The molecule has 2 fully saturated rings. The summed E-state index contributed by atoms with van der Waals surface area (Å²) in [6, 6.07) is 18.9. The molecule has 5 aromatic rings. The summed E-state index contributed by atoms with van der Waals surface area (Å²) < 4.78 is 16.8. The lowest BCUT2D eigenvalue weighted by Crippen LogP contribution is -2.41. The van der Waals surface area contributed by atoms with Crippen LogP contribution in [0, 0.1) is 25.1 Å². The molecular weight excluding hydrogens is 483 g/mol. The number of imidazole rings is 1. The summed E-state index contributed by atoms with van der Waals surface area (Å²) in [6.45, 7) is 6.17. The minimum Gasteiger partial charge on any atom is -0.371 e. The first-order valence-electron chi connectivity index (χ1n) is 14.4. The molecule has 1 aliphatic carbocycles. The van der Waals surface area contributed by atoms with Gasteiger partial charge in [-0.2, -0.15) is 0 Å². The van der Waals surface area contributed by atoms with Crippen LogP contribution in [0.15, 0.2) is 67.0 Å². The van der Waals surface area contributed by atoms with Crippen molar-refractivity contribution < 1.29 is 4.39 Å². The minimum absolute atomic E-state index is 0.285. The summed E-state index contributed by atoms with van der Waals surface area (Å²) in [5, 5.41) is 0.812. The molecule has 2 aromatic carbocycles. The van der Waals surface area contributed by atoms with Crippen molar-refractivity contribution in [3.8, 4) is 22.4 Å². The Bertz CT molecular complexity index is 1670. The molecule has 0 N–H and O–H groups in total. The average Bonchev–Trinajstić information content (AvgIpc) is 3.37. The van der Waals surface area contributed by atoms with E-state index in [2.05, 4.69) is 56.9 Å². The van der Waals surface area contributed by atoms with E-state index in [1.807, 2.05) is 32.2 Å². The van der Waals surface area contributed by atoms with Crippen LogP contribution in [0.3, 0.4) is 0 Å². The Balaban J connectivity index is 1.16. The highest BCUT2D eigenvalue weighted by atomic mass is 19.1. The van der Waals surface area contributed by atoms with Gasteiger partial charge in [-0.05, 0) is 104 Å². The van der Waals surface area contributed by atoms with Crippen LogP contribution in [-0.4, -0.2) is 27.5 Å². The summed E-state index contributed by atoms with van der Waals surface area (Å²) >= 11 is 0. The first-order valence-corrected chi connectivity index (χ1v) is 14.4. The Labute approximate surface area is 229 Å². The molecule has 4 heterocycles. The van der Waals surface area contributed by atoms with Gasteiger partial charge in [-0.3, -0.25) is 9.38 Å². The van der Waals surface area contributed by atoms with Crippen LogP contribution in [0.1, 0.15) is 56.2 Å². The van der Waals surface area contributed by atoms with E-state index in [4.69, 9.17) is 4.98 Å². The number of hydrogen-bond acceptors (Lipinski definition) is 3. The van der Waals surface area contributed by atoms with Crippen LogP contribution in [0.4, 0.5) is 10.1 Å². The lowest BCUT2D eigenvalue weighted by molar-refractivity contribution is 0.144. The van der Waals surface area contributed by atoms with E-state index in [1.165, 1.54) is 69.3 Å². The number of hydrogen-bond donors (Lipinski definition) is 0. The Morgan fingerprint density at radius 1 is 0.821 bits per heavy atom. The molecule has 1 saturated carbocycles. The zero-order valence-corrected chi connectivity index (χ0v) is 22.9. The van der Waals surface area contributed by atoms with Gasteiger partial charge >= 0.3 is 0 Å². The third-order valence-corrected chi connectivity index (χ3v) is 9.23. The van der Waals surface area contributed by atoms with Crippen LogP contribution >= 0.6 is 0 Å². The van der Waals surface area contributed by atoms with E-state index in [9.17, 15) is 4.39 Å². The van der Waals surface area contributed by atoms with Gasteiger partial charge in [-0.15, -0.1) is 0 Å². The zero-order valence-electron chi connectivity index (χ0n) is 22.9. The third kappa shape index (κ3) is 4.38. The number of piperidine rings is 1. The normalized spacial score (nSPS) is 17.4. The lowest BCUT2D eigenvalue weighted by atomic mass is 9.68. The third-order valence-electron chi connectivity index (χ3n) is 9.23. The van der Waals surface area contributed by atoms with Crippen molar-refractivity contribution in [3.05, 3.63) is 84.1 Å². The summed E-state index contributed by atoms with van der Waals surface area (Å²) in [7, 11) is 0. The fourth-order valence-corrected chi connectivity index (χ4v) is 7.03. The molecular formula is C34H35FN4. The number of pyridine rings is 2. The number of aryl methyl sites for hydroxylation is 2. The monoisotopic (exact) mass is 518 g/mol. The van der Waals surface area contributed by atoms with Crippen molar-refractivity contribution in [2.45, 2.75) is 58.8 Å². The molecule has 39 heavy (non-hydrogen) atoms. The van der Waals surface area contributed by atoms with E-state index in [-0.39, 0.29) is 5.82 Å². The fraction of sp³-hybridized carbons (Fsp3) is 0.353. The van der Waals surface area contributed by atoms with Crippen LogP contribution in [0.25, 0.3) is 38.9 Å². The molecule has 7 rings (SSSR count). The first kappa shape index (κ1) is 24.3. The second kappa shape index (κ2) is 9.48. The van der Waals surface area contributed by atoms with E-state index in [1.54, 1.807) is 6.07 Å². The molecule has 4 nitrogen and oxygen atoms in total. The predicted octanol–water partition coefficient (Wildman–Crippen LogP) is 8.52. The van der Waals surface area contributed by atoms with Crippen molar-refractivity contribution >= 4 is 22.2 Å². The smallest absolute Gasteiger partial charge is 0.149 e. The lowest BCUT2D eigenvalue weighted by Gasteiger charge is -2.45. The van der Waals surface area contributed by atoms with Crippen LogP contribution in [0.5, 0.6) is 0 Å².